The van der Waals surface area contributed by atoms with Crippen molar-refractivity contribution in [1.82, 2.24) is 10.3 Å². The number of anilines is 1. The van der Waals surface area contributed by atoms with Crippen molar-refractivity contribution in [3.63, 3.8) is 0 Å². The lowest BCUT2D eigenvalue weighted by Crippen LogP contribution is -2.28. The number of unbranched alkanes of at least 4 members (excludes halogenated alkanes) is 1. The summed E-state index contributed by atoms with van der Waals surface area (Å²) >= 11 is 1.44. The van der Waals surface area contributed by atoms with Crippen molar-refractivity contribution >= 4 is 23.1 Å². The zero-order chi connectivity index (χ0) is 19.6. The summed E-state index contributed by atoms with van der Waals surface area (Å²) in [6.07, 6.45) is 3.83. The lowest BCUT2D eigenvalue weighted by Gasteiger charge is -2.10. The molecule has 1 aromatic heterocycles. The maximum Gasteiger partial charge on any atom is 0.319 e. The summed E-state index contributed by atoms with van der Waals surface area (Å²) in [5, 5.41) is 8.11. The molecule has 6 nitrogen and oxygen atoms in total. The molecule has 7 heteroatoms. The van der Waals surface area contributed by atoms with Gasteiger partial charge < -0.3 is 20.1 Å². The molecule has 1 heterocycles. The number of carbonyl (C=O) groups is 1. The number of urea groups is 1. The predicted molar refractivity (Wildman–Crippen MR) is 111 cm³/mol. The van der Waals surface area contributed by atoms with Gasteiger partial charge in [0.05, 0.1) is 6.61 Å². The van der Waals surface area contributed by atoms with E-state index in [4.69, 9.17) is 9.47 Å². The highest BCUT2D eigenvalue weighted by molar-refractivity contribution is 7.11. The molecule has 2 aromatic carbocycles. The van der Waals surface area contributed by atoms with Crippen LogP contribution in [-0.4, -0.2) is 17.6 Å². The standard InChI is InChI=1S/C21H23N3O3S/c1-2-3-13-26-18-10-6-17(7-11-18)24-20(25)23-15-16-4-8-19(9-5-16)27-21-22-12-14-28-21/h4-12,14H,2-3,13,15H2,1H3,(H2,23,24,25). The van der Waals surface area contributed by atoms with Crippen LogP contribution in [0.3, 0.4) is 0 Å². The molecule has 0 spiro atoms. The average Bonchev–Trinajstić information content (AvgIpc) is 3.22. The smallest absolute Gasteiger partial charge is 0.319 e. The van der Waals surface area contributed by atoms with Crippen LogP contribution in [0, 0.1) is 0 Å². The SMILES string of the molecule is CCCCOc1ccc(NC(=O)NCc2ccc(Oc3nccs3)cc2)cc1. The van der Waals surface area contributed by atoms with Gasteiger partial charge in [0, 0.05) is 23.8 Å². The first-order valence-corrected chi connectivity index (χ1v) is 10.0. The first-order valence-electron chi connectivity index (χ1n) is 9.17. The molecule has 0 bridgehead atoms. The first-order chi connectivity index (χ1) is 13.7. The minimum absolute atomic E-state index is 0.261. The minimum Gasteiger partial charge on any atom is -0.494 e. The molecule has 0 aliphatic rings. The number of thiazole rings is 1. The third-order valence-electron chi connectivity index (χ3n) is 3.87. The van der Waals surface area contributed by atoms with Crippen molar-refractivity contribution in [2.45, 2.75) is 26.3 Å². The quantitative estimate of drug-likeness (QED) is 0.472. The fourth-order valence-electron chi connectivity index (χ4n) is 2.36. The second kappa shape index (κ2) is 10.3. The zero-order valence-corrected chi connectivity index (χ0v) is 16.5. The molecular formula is C21H23N3O3S. The third-order valence-corrected chi connectivity index (χ3v) is 4.52. The van der Waals surface area contributed by atoms with Gasteiger partial charge in [0.15, 0.2) is 0 Å². The molecule has 0 aliphatic carbocycles. The molecule has 0 radical (unpaired) electrons. The third kappa shape index (κ3) is 6.28. The van der Waals surface area contributed by atoms with Gasteiger partial charge in [-0.3, -0.25) is 0 Å². The largest absolute Gasteiger partial charge is 0.494 e. The van der Waals surface area contributed by atoms with E-state index in [0.29, 0.717) is 29.8 Å². The Morgan fingerprint density at radius 1 is 1.07 bits per heavy atom. The molecule has 0 saturated heterocycles. The number of carbonyl (C=O) groups excluding carboxylic acids is 1. The lowest BCUT2D eigenvalue weighted by molar-refractivity contribution is 0.251. The number of ether oxygens (including phenoxy) is 2. The summed E-state index contributed by atoms with van der Waals surface area (Å²) in [7, 11) is 0. The van der Waals surface area contributed by atoms with Crippen LogP contribution in [0.15, 0.2) is 60.1 Å². The fraction of sp³-hybridized carbons (Fsp3) is 0.238. The first kappa shape index (κ1) is 19.7. The van der Waals surface area contributed by atoms with Gasteiger partial charge in [0.1, 0.15) is 11.5 Å². The molecule has 0 fully saturated rings. The van der Waals surface area contributed by atoms with E-state index in [0.717, 1.165) is 24.2 Å². The summed E-state index contributed by atoms with van der Waals surface area (Å²) in [6.45, 7) is 3.25. The van der Waals surface area contributed by atoms with Crippen molar-refractivity contribution in [1.29, 1.82) is 0 Å². The van der Waals surface area contributed by atoms with Gasteiger partial charge in [-0.15, -0.1) is 0 Å². The summed E-state index contributed by atoms with van der Waals surface area (Å²) in [6, 6.07) is 14.6. The van der Waals surface area contributed by atoms with Crippen molar-refractivity contribution in [2.75, 3.05) is 11.9 Å². The number of nitrogens with one attached hydrogen (secondary N) is 2. The number of amides is 2. The van der Waals surface area contributed by atoms with E-state index in [2.05, 4.69) is 22.5 Å². The van der Waals surface area contributed by atoms with Crippen molar-refractivity contribution in [3.8, 4) is 16.7 Å². The highest BCUT2D eigenvalue weighted by Crippen LogP contribution is 2.23. The number of nitrogens with zero attached hydrogens (tertiary/aromatic N) is 1. The molecule has 0 saturated carbocycles. The maximum absolute atomic E-state index is 12.1. The number of hydrogen-bond donors (Lipinski definition) is 2. The normalized spacial score (nSPS) is 10.3. The van der Waals surface area contributed by atoms with E-state index >= 15 is 0 Å². The zero-order valence-electron chi connectivity index (χ0n) is 15.7. The Labute approximate surface area is 168 Å². The van der Waals surface area contributed by atoms with Crippen LogP contribution in [0.5, 0.6) is 16.7 Å². The fourth-order valence-corrected chi connectivity index (χ4v) is 2.87. The topological polar surface area (TPSA) is 72.5 Å². The van der Waals surface area contributed by atoms with Gasteiger partial charge in [-0.05, 0) is 48.4 Å². The van der Waals surface area contributed by atoms with Crippen molar-refractivity contribution < 1.29 is 14.3 Å². The Hall–Kier alpha value is -3.06. The van der Waals surface area contributed by atoms with Crippen LogP contribution in [0.25, 0.3) is 0 Å². The maximum atomic E-state index is 12.1. The Morgan fingerprint density at radius 3 is 2.50 bits per heavy atom. The Balaban J connectivity index is 1.42. The Kier molecular flexibility index (Phi) is 7.26. The van der Waals surface area contributed by atoms with Crippen LogP contribution < -0.4 is 20.1 Å². The summed E-state index contributed by atoms with van der Waals surface area (Å²) in [4.78, 5) is 16.2. The number of rotatable bonds is 9. The number of benzene rings is 2. The highest BCUT2D eigenvalue weighted by Gasteiger charge is 2.04. The molecule has 28 heavy (non-hydrogen) atoms. The number of aromatic nitrogens is 1. The van der Waals surface area contributed by atoms with Gasteiger partial charge in [0.25, 0.3) is 5.19 Å². The van der Waals surface area contributed by atoms with Crippen LogP contribution in [0.4, 0.5) is 10.5 Å². The monoisotopic (exact) mass is 397 g/mol. The minimum atomic E-state index is -0.261. The van der Waals surface area contributed by atoms with E-state index in [1.54, 1.807) is 6.20 Å². The molecule has 0 atom stereocenters. The van der Waals surface area contributed by atoms with Gasteiger partial charge in [-0.1, -0.05) is 36.8 Å². The van der Waals surface area contributed by atoms with Gasteiger partial charge in [-0.2, -0.15) is 0 Å². The van der Waals surface area contributed by atoms with E-state index in [1.165, 1.54) is 11.3 Å². The summed E-state index contributed by atoms with van der Waals surface area (Å²) < 4.78 is 11.2. The lowest BCUT2D eigenvalue weighted by atomic mass is 10.2. The molecule has 0 unspecified atom stereocenters. The van der Waals surface area contributed by atoms with Crippen LogP contribution in [0.2, 0.25) is 0 Å². The molecule has 146 valence electrons. The second-order valence-electron chi connectivity index (χ2n) is 6.08. The number of hydrogen-bond acceptors (Lipinski definition) is 5. The summed E-state index contributed by atoms with van der Waals surface area (Å²) in [5.74, 6) is 1.52. The van der Waals surface area contributed by atoms with Crippen LogP contribution in [-0.2, 0) is 6.54 Å². The molecule has 2 amide bonds. The summed E-state index contributed by atoms with van der Waals surface area (Å²) in [5.41, 5.74) is 1.69. The van der Waals surface area contributed by atoms with Crippen LogP contribution >= 0.6 is 11.3 Å². The Bertz CT molecular complexity index is 850. The van der Waals surface area contributed by atoms with Gasteiger partial charge >= 0.3 is 6.03 Å². The average molecular weight is 398 g/mol. The molecular weight excluding hydrogens is 374 g/mol. The van der Waals surface area contributed by atoms with Gasteiger partial charge in [-0.25, -0.2) is 9.78 Å². The highest BCUT2D eigenvalue weighted by atomic mass is 32.1. The van der Waals surface area contributed by atoms with Crippen molar-refractivity contribution in [2.24, 2.45) is 0 Å². The van der Waals surface area contributed by atoms with E-state index in [1.807, 2.05) is 53.9 Å². The molecule has 0 aliphatic heterocycles. The molecule has 3 rings (SSSR count). The predicted octanol–water partition coefficient (Wildman–Crippen LogP) is 5.44. The van der Waals surface area contributed by atoms with Crippen LogP contribution in [0.1, 0.15) is 25.3 Å². The van der Waals surface area contributed by atoms with Crippen molar-refractivity contribution in [3.05, 3.63) is 65.7 Å². The van der Waals surface area contributed by atoms with E-state index < -0.39 is 0 Å². The van der Waals surface area contributed by atoms with Gasteiger partial charge in [0.2, 0.25) is 0 Å². The van der Waals surface area contributed by atoms with E-state index in [-0.39, 0.29) is 6.03 Å². The van der Waals surface area contributed by atoms with E-state index in [9.17, 15) is 4.79 Å². The molecule has 2 N–H and O–H groups in total. The molecule has 3 aromatic rings. The second-order valence-corrected chi connectivity index (χ2v) is 6.94. The Morgan fingerprint density at radius 2 is 1.82 bits per heavy atom.